The number of nitrogens with one attached hydrogen (secondary N) is 1. The molecule has 0 saturated carbocycles. The van der Waals surface area contributed by atoms with Crippen molar-refractivity contribution in [2.75, 3.05) is 43.4 Å². The number of hydrogen-bond donors (Lipinski definition) is 1. The highest BCUT2D eigenvalue weighted by atomic mass is 79.9. The minimum absolute atomic E-state index is 0.141. The molecule has 20 heavy (non-hydrogen) atoms. The third kappa shape index (κ3) is 3.39. The number of halogens is 1. The fourth-order valence-corrected chi connectivity index (χ4v) is 2.59. The molecule has 1 aromatic heterocycles. The Labute approximate surface area is 127 Å². The molecule has 1 N–H and O–H groups in total. The van der Waals surface area contributed by atoms with E-state index in [4.69, 9.17) is 0 Å². The lowest BCUT2D eigenvalue weighted by atomic mass is 10.2. The molecule has 1 saturated heterocycles. The van der Waals surface area contributed by atoms with Crippen molar-refractivity contribution in [3.63, 3.8) is 0 Å². The number of rotatable bonds is 4. The van der Waals surface area contributed by atoms with Gasteiger partial charge in [-0.15, -0.1) is 0 Å². The number of carbonyl (C=O) groups is 1. The van der Waals surface area contributed by atoms with Crippen LogP contribution in [0.15, 0.2) is 10.7 Å². The summed E-state index contributed by atoms with van der Waals surface area (Å²) in [7, 11) is 1.81. The van der Waals surface area contributed by atoms with Gasteiger partial charge in [0, 0.05) is 32.9 Å². The summed E-state index contributed by atoms with van der Waals surface area (Å²) >= 11 is 3.38. The fraction of sp³-hybridized carbons (Fsp3) is 0.615. The number of anilines is 2. The second-order valence-corrected chi connectivity index (χ2v) is 6.13. The maximum absolute atomic E-state index is 12.1. The molecule has 1 aromatic rings. The van der Waals surface area contributed by atoms with E-state index in [1.165, 1.54) is 0 Å². The van der Waals surface area contributed by atoms with Gasteiger partial charge in [-0.1, -0.05) is 13.8 Å². The first-order chi connectivity index (χ1) is 9.51. The second-order valence-electron chi connectivity index (χ2n) is 5.27. The summed E-state index contributed by atoms with van der Waals surface area (Å²) in [6.07, 6.45) is 1.71. The van der Waals surface area contributed by atoms with Crippen molar-refractivity contribution in [1.82, 2.24) is 14.9 Å². The van der Waals surface area contributed by atoms with Crippen LogP contribution in [0, 0.1) is 5.92 Å². The molecule has 2 heterocycles. The smallest absolute Gasteiger partial charge is 0.242 e. The second kappa shape index (κ2) is 6.39. The average Bonchev–Trinajstić information content (AvgIpc) is 2.41. The molecule has 7 heteroatoms. The van der Waals surface area contributed by atoms with Gasteiger partial charge in [0.15, 0.2) is 0 Å². The number of carbonyl (C=O) groups excluding carboxylic acids is 1. The summed E-state index contributed by atoms with van der Waals surface area (Å²) < 4.78 is 0.813. The van der Waals surface area contributed by atoms with Crippen LogP contribution >= 0.6 is 15.9 Å². The summed E-state index contributed by atoms with van der Waals surface area (Å²) in [6, 6.07) is 0. The van der Waals surface area contributed by atoms with E-state index >= 15 is 0 Å². The first kappa shape index (κ1) is 15.0. The minimum Gasteiger partial charge on any atom is -0.372 e. The van der Waals surface area contributed by atoms with Crippen LogP contribution in [0.5, 0.6) is 0 Å². The zero-order valence-electron chi connectivity index (χ0n) is 12.1. The first-order valence-corrected chi connectivity index (χ1v) is 7.53. The summed E-state index contributed by atoms with van der Waals surface area (Å²) in [5.74, 6) is 1.95. The molecule has 1 amide bonds. The van der Waals surface area contributed by atoms with E-state index in [2.05, 4.69) is 45.1 Å². The van der Waals surface area contributed by atoms with Crippen LogP contribution in [-0.2, 0) is 4.79 Å². The molecule has 6 nitrogen and oxygen atoms in total. The van der Waals surface area contributed by atoms with Gasteiger partial charge in [-0.3, -0.25) is 4.79 Å². The molecule has 0 radical (unpaired) electrons. The summed E-state index contributed by atoms with van der Waals surface area (Å²) in [6.45, 7) is 6.90. The molecule has 0 spiro atoms. The molecule has 0 atom stereocenters. The van der Waals surface area contributed by atoms with Gasteiger partial charge >= 0.3 is 0 Å². The number of aromatic nitrogens is 2. The summed E-state index contributed by atoms with van der Waals surface area (Å²) in [4.78, 5) is 24.7. The standard InChI is InChI=1S/C13H20BrN5O/c1-9(2)7-18-4-5-19(8-11(18)20)13-16-6-10(14)12(15-3)17-13/h6,9H,4-5,7-8H2,1-3H3,(H,15,16,17). The zero-order valence-corrected chi connectivity index (χ0v) is 13.6. The van der Waals surface area contributed by atoms with Gasteiger partial charge in [0.05, 0.1) is 11.0 Å². The molecular weight excluding hydrogens is 322 g/mol. The lowest BCUT2D eigenvalue weighted by molar-refractivity contribution is -0.131. The van der Waals surface area contributed by atoms with Gasteiger partial charge < -0.3 is 15.1 Å². The molecular formula is C13H20BrN5O. The van der Waals surface area contributed by atoms with Gasteiger partial charge in [0.25, 0.3) is 0 Å². The van der Waals surface area contributed by atoms with E-state index in [1.54, 1.807) is 6.20 Å². The van der Waals surface area contributed by atoms with Crippen molar-refractivity contribution in [3.8, 4) is 0 Å². The Kier molecular flexibility index (Phi) is 4.80. The molecule has 0 aliphatic carbocycles. The van der Waals surface area contributed by atoms with Crippen LogP contribution in [-0.4, -0.2) is 54.0 Å². The molecule has 1 fully saturated rings. The predicted molar refractivity (Wildman–Crippen MR) is 82.9 cm³/mol. The minimum atomic E-state index is 0.141. The van der Waals surface area contributed by atoms with E-state index in [0.29, 0.717) is 18.4 Å². The van der Waals surface area contributed by atoms with Crippen molar-refractivity contribution in [2.24, 2.45) is 5.92 Å². The number of hydrogen-bond acceptors (Lipinski definition) is 5. The number of nitrogens with zero attached hydrogens (tertiary/aromatic N) is 4. The topological polar surface area (TPSA) is 61.4 Å². The Morgan fingerprint density at radius 2 is 2.20 bits per heavy atom. The molecule has 0 unspecified atom stereocenters. The summed E-state index contributed by atoms with van der Waals surface area (Å²) in [5.41, 5.74) is 0. The molecule has 0 bridgehead atoms. The van der Waals surface area contributed by atoms with Crippen molar-refractivity contribution in [3.05, 3.63) is 10.7 Å². The van der Waals surface area contributed by atoms with Crippen LogP contribution in [0.1, 0.15) is 13.8 Å². The lowest BCUT2D eigenvalue weighted by Gasteiger charge is -2.35. The van der Waals surface area contributed by atoms with Gasteiger partial charge in [0.1, 0.15) is 5.82 Å². The Morgan fingerprint density at radius 1 is 1.45 bits per heavy atom. The Balaban J connectivity index is 2.07. The summed E-state index contributed by atoms with van der Waals surface area (Å²) in [5, 5.41) is 3.00. The highest BCUT2D eigenvalue weighted by molar-refractivity contribution is 9.10. The van der Waals surface area contributed by atoms with Crippen molar-refractivity contribution < 1.29 is 4.79 Å². The van der Waals surface area contributed by atoms with Crippen LogP contribution in [0.3, 0.4) is 0 Å². The van der Waals surface area contributed by atoms with Crippen LogP contribution in [0.4, 0.5) is 11.8 Å². The van der Waals surface area contributed by atoms with Crippen LogP contribution < -0.4 is 10.2 Å². The van der Waals surface area contributed by atoms with E-state index in [9.17, 15) is 4.79 Å². The molecule has 2 rings (SSSR count). The Hall–Kier alpha value is -1.37. The van der Waals surface area contributed by atoms with Crippen LogP contribution in [0.25, 0.3) is 0 Å². The van der Waals surface area contributed by atoms with Crippen molar-refractivity contribution >= 4 is 33.6 Å². The normalized spacial score (nSPS) is 15.9. The third-order valence-corrected chi connectivity index (χ3v) is 3.74. The van der Waals surface area contributed by atoms with Crippen molar-refractivity contribution in [1.29, 1.82) is 0 Å². The lowest BCUT2D eigenvalue weighted by Crippen LogP contribution is -2.51. The van der Waals surface area contributed by atoms with Crippen LogP contribution in [0.2, 0.25) is 0 Å². The molecule has 110 valence electrons. The molecule has 1 aliphatic heterocycles. The van der Waals surface area contributed by atoms with Crippen molar-refractivity contribution in [2.45, 2.75) is 13.8 Å². The van der Waals surface area contributed by atoms with Gasteiger partial charge in [0.2, 0.25) is 11.9 Å². The highest BCUT2D eigenvalue weighted by Crippen LogP contribution is 2.22. The fourth-order valence-electron chi connectivity index (χ4n) is 2.20. The van der Waals surface area contributed by atoms with E-state index in [-0.39, 0.29) is 5.91 Å². The highest BCUT2D eigenvalue weighted by Gasteiger charge is 2.26. The maximum atomic E-state index is 12.1. The number of piperazine rings is 1. The SMILES string of the molecule is CNc1nc(N2CCN(CC(C)C)C(=O)C2)ncc1Br. The van der Waals surface area contributed by atoms with Gasteiger partial charge in [-0.05, 0) is 21.8 Å². The predicted octanol–water partition coefficient (Wildman–Crippen LogP) is 1.59. The monoisotopic (exact) mass is 341 g/mol. The maximum Gasteiger partial charge on any atom is 0.242 e. The number of amides is 1. The van der Waals surface area contributed by atoms with Gasteiger partial charge in [-0.2, -0.15) is 4.98 Å². The Morgan fingerprint density at radius 3 is 2.80 bits per heavy atom. The average molecular weight is 342 g/mol. The van der Waals surface area contributed by atoms with E-state index < -0.39 is 0 Å². The Bertz CT molecular complexity index is 494. The van der Waals surface area contributed by atoms with E-state index in [0.717, 1.165) is 29.9 Å². The molecule has 1 aliphatic rings. The zero-order chi connectivity index (χ0) is 14.7. The molecule has 0 aromatic carbocycles. The third-order valence-electron chi connectivity index (χ3n) is 3.16. The largest absolute Gasteiger partial charge is 0.372 e. The van der Waals surface area contributed by atoms with Gasteiger partial charge in [-0.25, -0.2) is 4.98 Å². The quantitative estimate of drug-likeness (QED) is 0.900. The first-order valence-electron chi connectivity index (χ1n) is 6.74. The van der Waals surface area contributed by atoms with E-state index in [1.807, 2.05) is 16.8 Å².